The van der Waals surface area contributed by atoms with Gasteiger partial charge >= 0.3 is 0 Å². The minimum atomic E-state index is -3.66. The maximum absolute atomic E-state index is 12.2. The summed E-state index contributed by atoms with van der Waals surface area (Å²) in [6, 6.07) is 6.26. The number of hydrogen-bond donors (Lipinski definition) is 1. The zero-order valence-corrected chi connectivity index (χ0v) is 13.9. The third-order valence-corrected chi connectivity index (χ3v) is 7.23. The first-order valence-electron chi connectivity index (χ1n) is 7.06. The Morgan fingerprint density at radius 3 is 2.38 bits per heavy atom. The minimum absolute atomic E-state index is 0.0487. The monoisotopic (exact) mass is 331 g/mol. The summed E-state index contributed by atoms with van der Waals surface area (Å²) in [5.41, 5.74) is 1.10. The number of sulfone groups is 1. The molecule has 2 rings (SSSR count). The molecular weight excluding hydrogens is 310 g/mol. The second-order valence-corrected chi connectivity index (χ2v) is 9.54. The summed E-state index contributed by atoms with van der Waals surface area (Å²) in [4.78, 5) is 0.179. The van der Waals surface area contributed by atoms with Crippen LogP contribution in [-0.4, -0.2) is 34.4 Å². The lowest BCUT2D eigenvalue weighted by atomic mass is 9.99. The average molecular weight is 331 g/mol. The zero-order valence-electron chi connectivity index (χ0n) is 12.2. The van der Waals surface area contributed by atoms with Crippen LogP contribution in [0.1, 0.15) is 38.2 Å². The molecule has 0 amide bonds. The Morgan fingerprint density at radius 1 is 1.29 bits per heavy atom. The average Bonchev–Trinajstić information content (AvgIpc) is 2.76. The fourth-order valence-electron chi connectivity index (χ4n) is 2.39. The number of hydrogen-bond acceptors (Lipinski definition) is 4. The second-order valence-electron chi connectivity index (χ2n) is 5.60. The predicted octanol–water partition coefficient (Wildman–Crippen LogP) is 1.67. The van der Waals surface area contributed by atoms with Gasteiger partial charge < -0.3 is 0 Å². The summed E-state index contributed by atoms with van der Waals surface area (Å²) in [5.74, 6) is 0.319. The van der Waals surface area contributed by atoms with Crippen molar-refractivity contribution < 1.29 is 16.8 Å². The van der Waals surface area contributed by atoms with Crippen molar-refractivity contribution in [2.75, 3.05) is 11.5 Å². The van der Waals surface area contributed by atoms with Crippen LogP contribution in [0.4, 0.5) is 0 Å². The molecule has 2 atom stereocenters. The molecule has 1 heterocycles. The van der Waals surface area contributed by atoms with E-state index in [-0.39, 0.29) is 16.4 Å². The molecule has 0 bridgehead atoms. The SMILES string of the molecule is CCC(C)c1ccc(S(=O)(=O)NC2CCS(=O)(=O)C2)cc1. The van der Waals surface area contributed by atoms with E-state index in [0.29, 0.717) is 12.3 Å². The van der Waals surface area contributed by atoms with E-state index in [4.69, 9.17) is 0 Å². The summed E-state index contributed by atoms with van der Waals surface area (Å²) in [6.45, 7) is 4.17. The van der Waals surface area contributed by atoms with E-state index in [1.807, 2.05) is 12.1 Å². The molecule has 1 saturated heterocycles. The van der Waals surface area contributed by atoms with Crippen LogP contribution in [0, 0.1) is 0 Å². The molecule has 1 aromatic carbocycles. The van der Waals surface area contributed by atoms with E-state index in [1.165, 1.54) is 0 Å². The molecule has 0 aromatic heterocycles. The molecule has 1 aromatic rings. The molecule has 0 radical (unpaired) electrons. The molecule has 0 spiro atoms. The second kappa shape index (κ2) is 6.06. The van der Waals surface area contributed by atoms with Crippen LogP contribution in [0.2, 0.25) is 0 Å². The van der Waals surface area contributed by atoms with Crippen molar-refractivity contribution >= 4 is 19.9 Å². The molecule has 1 aliphatic heterocycles. The maximum atomic E-state index is 12.2. The Labute approximate surface area is 126 Å². The predicted molar refractivity (Wildman–Crippen MR) is 82.5 cm³/mol. The summed E-state index contributed by atoms with van der Waals surface area (Å²) in [7, 11) is -6.76. The van der Waals surface area contributed by atoms with Gasteiger partial charge in [0.05, 0.1) is 16.4 Å². The topological polar surface area (TPSA) is 80.3 Å². The molecule has 118 valence electrons. The third kappa shape index (κ3) is 4.05. The van der Waals surface area contributed by atoms with Crippen LogP contribution in [0.5, 0.6) is 0 Å². The molecular formula is C14H21NO4S2. The standard InChI is InChI=1S/C14H21NO4S2/c1-3-11(2)12-4-6-14(7-5-12)21(18,19)15-13-8-9-20(16,17)10-13/h4-7,11,13,15H,3,8-10H2,1-2H3. The van der Waals surface area contributed by atoms with E-state index in [0.717, 1.165) is 12.0 Å². The molecule has 2 unspecified atom stereocenters. The van der Waals surface area contributed by atoms with Crippen molar-refractivity contribution in [1.82, 2.24) is 4.72 Å². The largest absolute Gasteiger partial charge is 0.240 e. The first-order valence-corrected chi connectivity index (χ1v) is 10.4. The Hall–Kier alpha value is -0.920. The molecule has 1 N–H and O–H groups in total. The van der Waals surface area contributed by atoms with Gasteiger partial charge in [0, 0.05) is 6.04 Å². The molecule has 21 heavy (non-hydrogen) atoms. The van der Waals surface area contributed by atoms with Crippen LogP contribution in [0.3, 0.4) is 0 Å². The van der Waals surface area contributed by atoms with Crippen LogP contribution >= 0.6 is 0 Å². The first kappa shape index (κ1) is 16.5. The third-order valence-electron chi connectivity index (χ3n) is 3.93. The summed E-state index contributed by atoms with van der Waals surface area (Å²) in [5, 5.41) is 0. The number of nitrogens with one attached hydrogen (secondary N) is 1. The van der Waals surface area contributed by atoms with E-state index >= 15 is 0 Å². The van der Waals surface area contributed by atoms with Gasteiger partial charge in [0.15, 0.2) is 9.84 Å². The van der Waals surface area contributed by atoms with Gasteiger partial charge in [0.25, 0.3) is 0 Å². The van der Waals surface area contributed by atoms with Gasteiger partial charge in [-0.25, -0.2) is 21.6 Å². The minimum Gasteiger partial charge on any atom is -0.229 e. The van der Waals surface area contributed by atoms with Crippen LogP contribution in [0.25, 0.3) is 0 Å². The lowest BCUT2D eigenvalue weighted by Crippen LogP contribution is -2.35. The highest BCUT2D eigenvalue weighted by molar-refractivity contribution is 7.92. The summed E-state index contributed by atoms with van der Waals surface area (Å²) >= 11 is 0. The van der Waals surface area contributed by atoms with Crippen molar-refractivity contribution in [3.05, 3.63) is 29.8 Å². The maximum Gasteiger partial charge on any atom is 0.240 e. The molecule has 0 saturated carbocycles. The Kier molecular flexibility index (Phi) is 4.75. The molecule has 5 nitrogen and oxygen atoms in total. The normalized spacial score (nSPS) is 23.0. The lowest BCUT2D eigenvalue weighted by molar-refractivity contribution is 0.562. The highest BCUT2D eigenvalue weighted by Gasteiger charge is 2.31. The molecule has 1 aliphatic rings. The Bertz CT molecular complexity index is 693. The van der Waals surface area contributed by atoms with Gasteiger partial charge in [-0.15, -0.1) is 0 Å². The van der Waals surface area contributed by atoms with E-state index in [1.54, 1.807) is 12.1 Å². The van der Waals surface area contributed by atoms with Crippen LogP contribution < -0.4 is 4.72 Å². The highest BCUT2D eigenvalue weighted by atomic mass is 32.2. The van der Waals surface area contributed by atoms with Gasteiger partial charge in [0.2, 0.25) is 10.0 Å². The van der Waals surface area contributed by atoms with E-state index < -0.39 is 25.9 Å². The van der Waals surface area contributed by atoms with Crippen LogP contribution in [0.15, 0.2) is 29.2 Å². The van der Waals surface area contributed by atoms with Crippen molar-refractivity contribution in [1.29, 1.82) is 0 Å². The molecule has 7 heteroatoms. The van der Waals surface area contributed by atoms with Crippen LogP contribution in [-0.2, 0) is 19.9 Å². The van der Waals surface area contributed by atoms with E-state index in [9.17, 15) is 16.8 Å². The van der Waals surface area contributed by atoms with Gasteiger partial charge in [-0.05, 0) is 36.5 Å². The zero-order chi connectivity index (χ0) is 15.7. The van der Waals surface area contributed by atoms with Gasteiger partial charge in [-0.2, -0.15) is 0 Å². The van der Waals surface area contributed by atoms with Gasteiger partial charge in [0.1, 0.15) is 0 Å². The van der Waals surface area contributed by atoms with Gasteiger partial charge in [-0.1, -0.05) is 26.0 Å². The number of sulfonamides is 1. The van der Waals surface area contributed by atoms with Gasteiger partial charge in [-0.3, -0.25) is 0 Å². The smallest absolute Gasteiger partial charge is 0.229 e. The number of rotatable bonds is 5. The molecule has 1 fully saturated rings. The first-order chi connectivity index (χ1) is 9.73. The summed E-state index contributed by atoms with van der Waals surface area (Å²) < 4.78 is 49.7. The Balaban J connectivity index is 2.13. The quantitative estimate of drug-likeness (QED) is 0.890. The molecule has 0 aliphatic carbocycles. The van der Waals surface area contributed by atoms with Crippen molar-refractivity contribution in [3.8, 4) is 0 Å². The lowest BCUT2D eigenvalue weighted by Gasteiger charge is -2.13. The summed E-state index contributed by atoms with van der Waals surface area (Å²) in [6.07, 6.45) is 1.33. The van der Waals surface area contributed by atoms with Crippen molar-refractivity contribution in [3.63, 3.8) is 0 Å². The van der Waals surface area contributed by atoms with Crippen molar-refractivity contribution in [2.24, 2.45) is 0 Å². The fourth-order valence-corrected chi connectivity index (χ4v) is 5.44. The fraction of sp³-hybridized carbons (Fsp3) is 0.571. The van der Waals surface area contributed by atoms with E-state index in [2.05, 4.69) is 18.6 Å². The number of benzene rings is 1. The Morgan fingerprint density at radius 2 is 1.90 bits per heavy atom. The highest BCUT2D eigenvalue weighted by Crippen LogP contribution is 2.21. The van der Waals surface area contributed by atoms with Crippen molar-refractivity contribution in [2.45, 2.75) is 43.5 Å².